The van der Waals surface area contributed by atoms with Gasteiger partial charge in [0.2, 0.25) is 0 Å². The number of hydrogen-bond acceptors (Lipinski definition) is 4. The van der Waals surface area contributed by atoms with Gasteiger partial charge in [-0.3, -0.25) is 4.84 Å². The lowest BCUT2D eigenvalue weighted by Gasteiger charge is -2.22. The number of benzene rings is 1. The van der Waals surface area contributed by atoms with Crippen LogP contribution in [0.1, 0.15) is 5.56 Å². The molecule has 1 fully saturated rings. The molecule has 4 nitrogen and oxygen atoms in total. The fraction of sp³-hybridized carbons (Fsp3) is 0.538. The smallest absolute Gasteiger partial charge is 0.396 e. The van der Waals surface area contributed by atoms with Crippen molar-refractivity contribution < 1.29 is 28.2 Å². The first-order valence-corrected chi connectivity index (χ1v) is 6.23. The highest BCUT2D eigenvalue weighted by molar-refractivity contribution is 5.14. The molecule has 1 aliphatic rings. The van der Waals surface area contributed by atoms with E-state index in [1.165, 1.54) is 0 Å². The standard InChI is InChI=1S/C13H16F3NO3/c14-13(15,16)12-10(7-18)11(8-19)17(20-12)6-9-4-2-1-3-5-9/h1-5,10-12,18-19H,6-8H2/t10-,11+,12-/m1/s1. The summed E-state index contributed by atoms with van der Waals surface area (Å²) >= 11 is 0. The van der Waals surface area contributed by atoms with E-state index in [1.807, 2.05) is 0 Å². The van der Waals surface area contributed by atoms with Crippen molar-refractivity contribution in [3.63, 3.8) is 0 Å². The molecule has 0 amide bonds. The maximum absolute atomic E-state index is 12.9. The minimum Gasteiger partial charge on any atom is -0.396 e. The number of nitrogens with zero attached hydrogens (tertiary/aromatic N) is 1. The zero-order chi connectivity index (χ0) is 14.8. The number of hydrogen-bond donors (Lipinski definition) is 2. The highest BCUT2D eigenvalue weighted by Crippen LogP contribution is 2.38. The SMILES string of the molecule is OC[C@H]1[C@H](C(F)(F)F)ON(Cc2ccccc2)[C@H]1CO. The van der Waals surface area contributed by atoms with Gasteiger partial charge in [-0.15, -0.1) is 0 Å². The van der Waals surface area contributed by atoms with E-state index in [9.17, 15) is 18.3 Å². The Hall–Kier alpha value is -1.15. The lowest BCUT2D eigenvalue weighted by atomic mass is 9.95. The first-order valence-electron chi connectivity index (χ1n) is 6.23. The number of halogens is 3. The number of hydroxylamine groups is 2. The Morgan fingerprint density at radius 1 is 1.10 bits per heavy atom. The number of aliphatic hydroxyl groups is 2. The van der Waals surface area contributed by atoms with Crippen LogP contribution in [0.2, 0.25) is 0 Å². The fourth-order valence-corrected chi connectivity index (χ4v) is 2.38. The lowest BCUT2D eigenvalue weighted by Crippen LogP contribution is -2.40. The Morgan fingerprint density at radius 3 is 2.25 bits per heavy atom. The topological polar surface area (TPSA) is 52.9 Å². The van der Waals surface area contributed by atoms with E-state index < -0.39 is 37.5 Å². The van der Waals surface area contributed by atoms with E-state index in [2.05, 4.69) is 0 Å². The predicted octanol–water partition coefficient (Wildman–Crippen LogP) is 1.33. The summed E-state index contributed by atoms with van der Waals surface area (Å²) in [5.41, 5.74) is 0.769. The van der Waals surface area contributed by atoms with Crippen LogP contribution >= 0.6 is 0 Å². The third-order valence-electron chi connectivity index (χ3n) is 3.40. The van der Waals surface area contributed by atoms with E-state index in [0.29, 0.717) is 0 Å². The van der Waals surface area contributed by atoms with Crippen LogP contribution < -0.4 is 0 Å². The van der Waals surface area contributed by atoms with Gasteiger partial charge < -0.3 is 10.2 Å². The van der Waals surface area contributed by atoms with Crippen LogP contribution in [0.25, 0.3) is 0 Å². The normalized spacial score (nSPS) is 27.9. The van der Waals surface area contributed by atoms with Gasteiger partial charge in [0, 0.05) is 12.5 Å². The Morgan fingerprint density at radius 2 is 1.75 bits per heavy atom. The number of aliphatic hydroxyl groups excluding tert-OH is 2. The van der Waals surface area contributed by atoms with Crippen LogP contribution in [0.3, 0.4) is 0 Å². The Balaban J connectivity index is 2.17. The zero-order valence-electron chi connectivity index (χ0n) is 10.6. The summed E-state index contributed by atoms with van der Waals surface area (Å²) in [6.07, 6.45) is -6.67. The van der Waals surface area contributed by atoms with Gasteiger partial charge >= 0.3 is 6.18 Å². The Bertz CT molecular complexity index is 427. The summed E-state index contributed by atoms with van der Waals surface area (Å²) < 4.78 is 38.6. The highest BCUT2D eigenvalue weighted by Gasteiger charge is 2.55. The summed E-state index contributed by atoms with van der Waals surface area (Å²) in [5.74, 6) is -1.19. The quantitative estimate of drug-likeness (QED) is 0.879. The molecule has 1 aliphatic heterocycles. The fourth-order valence-electron chi connectivity index (χ4n) is 2.38. The molecule has 0 spiro atoms. The molecule has 0 aliphatic carbocycles. The van der Waals surface area contributed by atoms with E-state index >= 15 is 0 Å². The third kappa shape index (κ3) is 3.12. The van der Waals surface area contributed by atoms with Gasteiger partial charge in [-0.05, 0) is 5.56 Å². The van der Waals surface area contributed by atoms with Gasteiger partial charge in [0.15, 0.2) is 6.10 Å². The van der Waals surface area contributed by atoms with E-state index in [0.717, 1.165) is 10.6 Å². The minimum absolute atomic E-state index is 0.120. The molecule has 7 heteroatoms. The summed E-state index contributed by atoms with van der Waals surface area (Å²) in [7, 11) is 0. The van der Waals surface area contributed by atoms with Gasteiger partial charge in [0.05, 0.1) is 19.3 Å². The van der Waals surface area contributed by atoms with Crippen molar-refractivity contribution >= 4 is 0 Å². The molecule has 1 heterocycles. The molecule has 1 saturated heterocycles. The average molecular weight is 291 g/mol. The van der Waals surface area contributed by atoms with Crippen molar-refractivity contribution in [2.45, 2.75) is 24.9 Å². The molecule has 3 atom stereocenters. The number of rotatable bonds is 4. The van der Waals surface area contributed by atoms with Crippen molar-refractivity contribution in [1.82, 2.24) is 5.06 Å². The maximum Gasteiger partial charge on any atom is 0.417 e. The molecule has 1 aromatic carbocycles. The van der Waals surface area contributed by atoms with Gasteiger partial charge in [0.1, 0.15) is 0 Å². The first-order chi connectivity index (χ1) is 9.47. The summed E-state index contributed by atoms with van der Waals surface area (Å²) in [5, 5.41) is 19.6. The molecular weight excluding hydrogens is 275 g/mol. The molecule has 0 bridgehead atoms. The highest BCUT2D eigenvalue weighted by atomic mass is 19.4. The van der Waals surface area contributed by atoms with Crippen molar-refractivity contribution in [3.8, 4) is 0 Å². The second-order valence-electron chi connectivity index (χ2n) is 4.72. The van der Waals surface area contributed by atoms with Crippen LogP contribution in [-0.2, 0) is 11.4 Å². The molecule has 112 valence electrons. The van der Waals surface area contributed by atoms with Gasteiger partial charge in [-0.2, -0.15) is 18.2 Å². The summed E-state index contributed by atoms with van der Waals surface area (Å²) in [6.45, 7) is -1.08. The second-order valence-corrected chi connectivity index (χ2v) is 4.72. The maximum atomic E-state index is 12.9. The van der Waals surface area contributed by atoms with Gasteiger partial charge in [0.25, 0.3) is 0 Å². The Kier molecular flexibility index (Phi) is 4.64. The molecule has 0 radical (unpaired) electrons. The second kappa shape index (κ2) is 6.09. The molecule has 0 unspecified atom stereocenters. The molecule has 20 heavy (non-hydrogen) atoms. The van der Waals surface area contributed by atoms with Crippen molar-refractivity contribution in [2.75, 3.05) is 13.2 Å². The van der Waals surface area contributed by atoms with Crippen LogP contribution in [0.4, 0.5) is 13.2 Å². The van der Waals surface area contributed by atoms with Crippen molar-refractivity contribution in [2.24, 2.45) is 5.92 Å². The van der Waals surface area contributed by atoms with Crippen LogP contribution in [0.15, 0.2) is 30.3 Å². The summed E-state index contributed by atoms with van der Waals surface area (Å²) in [4.78, 5) is 4.93. The monoisotopic (exact) mass is 291 g/mol. The predicted molar refractivity (Wildman–Crippen MR) is 64.4 cm³/mol. The van der Waals surface area contributed by atoms with E-state index in [-0.39, 0.29) is 6.54 Å². The summed E-state index contributed by atoms with van der Waals surface area (Å²) in [6, 6.07) is 7.97. The molecule has 0 aromatic heterocycles. The molecule has 2 N–H and O–H groups in total. The van der Waals surface area contributed by atoms with Gasteiger partial charge in [-0.1, -0.05) is 30.3 Å². The molecule has 0 saturated carbocycles. The zero-order valence-corrected chi connectivity index (χ0v) is 10.6. The minimum atomic E-state index is -4.58. The van der Waals surface area contributed by atoms with E-state index in [4.69, 9.17) is 9.94 Å². The van der Waals surface area contributed by atoms with Crippen molar-refractivity contribution in [3.05, 3.63) is 35.9 Å². The van der Waals surface area contributed by atoms with Crippen LogP contribution in [0.5, 0.6) is 0 Å². The number of alkyl halides is 3. The third-order valence-corrected chi connectivity index (χ3v) is 3.40. The largest absolute Gasteiger partial charge is 0.417 e. The van der Waals surface area contributed by atoms with Crippen molar-refractivity contribution in [1.29, 1.82) is 0 Å². The van der Waals surface area contributed by atoms with Gasteiger partial charge in [-0.25, -0.2) is 0 Å². The lowest BCUT2D eigenvalue weighted by molar-refractivity contribution is -0.276. The first kappa shape index (κ1) is 15.2. The van der Waals surface area contributed by atoms with E-state index in [1.54, 1.807) is 30.3 Å². The Labute approximate surface area is 114 Å². The average Bonchev–Trinajstić information content (AvgIpc) is 2.77. The molecule has 1 aromatic rings. The molecular formula is C13H16F3NO3. The van der Waals surface area contributed by atoms with Crippen LogP contribution in [0, 0.1) is 5.92 Å². The molecule has 2 rings (SSSR count). The van der Waals surface area contributed by atoms with Crippen LogP contribution in [-0.4, -0.2) is 46.8 Å².